The molecule has 6 rings (SSSR count). The van der Waals surface area contributed by atoms with E-state index < -0.39 is 35.1 Å². The van der Waals surface area contributed by atoms with Gasteiger partial charge in [0, 0.05) is 25.3 Å². The van der Waals surface area contributed by atoms with Crippen LogP contribution in [-0.4, -0.2) is 88.8 Å². The Kier molecular flexibility index (Phi) is 9.08. The van der Waals surface area contributed by atoms with Gasteiger partial charge in [-0.15, -0.1) is 0 Å². The third kappa shape index (κ3) is 5.23. The predicted octanol–water partition coefficient (Wildman–Crippen LogP) is 4.15. The monoisotopic (exact) mass is 627 g/mol. The van der Waals surface area contributed by atoms with Crippen molar-refractivity contribution in [3.05, 3.63) is 84.5 Å². The summed E-state index contributed by atoms with van der Waals surface area (Å²) < 4.78 is 12.7. The number of aliphatic hydroxyl groups is 1. The van der Waals surface area contributed by atoms with E-state index in [0.717, 1.165) is 18.4 Å². The van der Waals surface area contributed by atoms with Crippen molar-refractivity contribution in [2.24, 2.45) is 11.8 Å². The summed E-state index contributed by atoms with van der Waals surface area (Å²) in [6, 6.07) is 15.4. The second-order valence-corrected chi connectivity index (χ2v) is 12.7. The minimum Gasteiger partial charge on any atom is -0.494 e. The average molecular weight is 628 g/mol. The van der Waals surface area contributed by atoms with Gasteiger partial charge in [-0.05, 0) is 56.0 Å². The second kappa shape index (κ2) is 13.0. The first-order valence-corrected chi connectivity index (χ1v) is 16.7. The number of unbranched alkanes of at least 4 members (excludes halogenated alkanes) is 1. The van der Waals surface area contributed by atoms with Crippen molar-refractivity contribution < 1.29 is 29.0 Å². The predicted molar refractivity (Wildman–Crippen MR) is 175 cm³/mol. The zero-order valence-corrected chi connectivity index (χ0v) is 27.0. The smallest absolute Gasteiger partial charge is 0.249 e. The molecule has 2 saturated heterocycles. The van der Waals surface area contributed by atoms with Crippen LogP contribution >= 0.6 is 0 Å². The molecule has 9 nitrogen and oxygen atoms in total. The number of hydrogen-bond acceptors (Lipinski definition) is 6. The first-order valence-electron chi connectivity index (χ1n) is 16.7. The molecule has 2 fully saturated rings. The lowest BCUT2D eigenvalue weighted by Crippen LogP contribution is -2.59. The quantitative estimate of drug-likeness (QED) is 0.376. The van der Waals surface area contributed by atoms with Crippen molar-refractivity contribution in [2.75, 3.05) is 37.7 Å². The zero-order chi connectivity index (χ0) is 32.5. The molecular weight excluding hydrogens is 582 g/mol. The van der Waals surface area contributed by atoms with Gasteiger partial charge in [-0.3, -0.25) is 14.4 Å². The van der Waals surface area contributed by atoms with Crippen LogP contribution in [0.3, 0.4) is 0 Å². The highest BCUT2D eigenvalue weighted by Crippen LogP contribution is 2.59. The highest BCUT2D eigenvalue weighted by molar-refractivity contribution is 6.04. The van der Waals surface area contributed by atoms with Gasteiger partial charge in [0.15, 0.2) is 0 Å². The van der Waals surface area contributed by atoms with Crippen LogP contribution in [0.1, 0.15) is 45.6 Å². The van der Waals surface area contributed by atoms with Crippen molar-refractivity contribution in [2.45, 2.75) is 69.7 Å². The summed E-state index contributed by atoms with van der Waals surface area (Å²) in [5.41, 5.74) is -0.819. The Bertz CT molecular complexity index is 1490. The average Bonchev–Trinajstić information content (AvgIpc) is 3.37. The fourth-order valence-electron chi connectivity index (χ4n) is 7.95. The number of hydrogen-bond donors (Lipinski definition) is 1. The van der Waals surface area contributed by atoms with Crippen molar-refractivity contribution in [1.29, 1.82) is 0 Å². The number of ether oxygens (including phenoxy) is 2. The van der Waals surface area contributed by atoms with Crippen molar-refractivity contribution in [1.82, 2.24) is 9.80 Å². The minimum atomic E-state index is -1.37. The second-order valence-electron chi connectivity index (χ2n) is 12.7. The number of carbonyl (C=O) groups excluding carboxylic acids is 3. The molecular formula is C37H45N3O6. The number of aliphatic hydroxyl groups excluding tert-OH is 1. The van der Waals surface area contributed by atoms with E-state index >= 15 is 0 Å². The normalized spacial score (nSPS) is 29.3. The lowest BCUT2D eigenvalue weighted by Gasteiger charge is -2.41. The first-order chi connectivity index (χ1) is 22.3. The Labute approximate surface area is 271 Å². The lowest BCUT2D eigenvalue weighted by molar-refractivity contribution is -0.155. The molecule has 244 valence electrons. The molecule has 0 bridgehead atoms. The van der Waals surface area contributed by atoms with E-state index in [4.69, 9.17) is 9.47 Å². The zero-order valence-electron chi connectivity index (χ0n) is 27.0. The van der Waals surface area contributed by atoms with E-state index in [1.165, 1.54) is 0 Å². The molecule has 0 aromatic heterocycles. The molecule has 3 amide bonds. The van der Waals surface area contributed by atoms with Crippen LogP contribution < -0.4 is 9.64 Å². The van der Waals surface area contributed by atoms with Gasteiger partial charge in [0.25, 0.3) is 0 Å². The highest BCUT2D eigenvalue weighted by atomic mass is 16.5. The molecule has 4 heterocycles. The third-order valence-electron chi connectivity index (χ3n) is 10.1. The van der Waals surface area contributed by atoms with Crippen LogP contribution in [0, 0.1) is 11.8 Å². The summed E-state index contributed by atoms with van der Waals surface area (Å²) >= 11 is 0. The van der Waals surface area contributed by atoms with Gasteiger partial charge < -0.3 is 29.3 Å². The summed E-state index contributed by atoms with van der Waals surface area (Å²) in [5, 5.41) is 10.8. The number of likely N-dealkylation sites (tertiary alicyclic amines) is 1. The minimum absolute atomic E-state index is 0.205. The molecule has 1 spiro atoms. The van der Waals surface area contributed by atoms with Gasteiger partial charge in [-0.1, -0.05) is 74.9 Å². The molecule has 0 aliphatic carbocycles. The summed E-state index contributed by atoms with van der Waals surface area (Å²) in [6.45, 7) is 7.43. The van der Waals surface area contributed by atoms with Gasteiger partial charge in [-0.25, -0.2) is 0 Å². The standard InChI is InChI=1S/C37H45N3O6/c1-4-7-21-38-22-12-20-37-31(34(43)40(32(37)35(38)44)28(25-41)24-26-13-9-8-10-14-26)30-33(42)39(23-11-19-36(30,5-2)46-37)27-15-17-29(18-16-27)45-6-3/h8-20,28,30-32,41H,4-7,21-25H2,1-3H3/t28-,30+,31+,32?,36-,37+/m1/s1. The Morgan fingerprint density at radius 1 is 0.913 bits per heavy atom. The Balaban J connectivity index is 1.46. The molecule has 1 unspecified atom stereocenters. The van der Waals surface area contributed by atoms with E-state index in [-0.39, 0.29) is 24.3 Å². The largest absolute Gasteiger partial charge is 0.494 e. The Hall–Kier alpha value is -3.95. The van der Waals surface area contributed by atoms with E-state index in [1.54, 1.807) is 14.7 Å². The number of amides is 3. The van der Waals surface area contributed by atoms with Crippen LogP contribution in [0.25, 0.3) is 0 Å². The van der Waals surface area contributed by atoms with Crippen LogP contribution in [-0.2, 0) is 25.5 Å². The van der Waals surface area contributed by atoms with E-state index in [9.17, 15) is 19.5 Å². The van der Waals surface area contributed by atoms with Crippen molar-refractivity contribution in [3.8, 4) is 5.75 Å². The maximum Gasteiger partial charge on any atom is 0.249 e. The number of benzene rings is 2. The van der Waals surface area contributed by atoms with Gasteiger partial charge in [0.1, 0.15) is 17.4 Å². The molecule has 6 atom stereocenters. The lowest BCUT2D eigenvalue weighted by atomic mass is 9.73. The molecule has 46 heavy (non-hydrogen) atoms. The number of fused-ring (bicyclic) bond motifs is 2. The maximum atomic E-state index is 15.0. The van der Waals surface area contributed by atoms with E-state index in [2.05, 4.69) is 6.92 Å². The SMILES string of the molecule is CCCCN1CC=C[C@]23O[C@]4(CC)C=CCN(c5ccc(OCC)cc5)C(=O)[C@@H]4[C@H]2C(=O)N([C@@H](CO)Cc2ccccc2)C3C1=O. The molecule has 2 aromatic carbocycles. The van der Waals surface area contributed by atoms with Crippen LogP contribution in [0.2, 0.25) is 0 Å². The molecule has 0 saturated carbocycles. The van der Waals surface area contributed by atoms with E-state index in [1.807, 2.05) is 92.7 Å². The van der Waals surface area contributed by atoms with E-state index in [0.29, 0.717) is 50.5 Å². The van der Waals surface area contributed by atoms with Crippen LogP contribution in [0.4, 0.5) is 5.69 Å². The van der Waals surface area contributed by atoms with Crippen molar-refractivity contribution in [3.63, 3.8) is 0 Å². The fraction of sp³-hybridized carbons (Fsp3) is 0.486. The number of nitrogens with zero attached hydrogens (tertiary/aromatic N) is 3. The molecule has 4 aliphatic rings. The van der Waals surface area contributed by atoms with Gasteiger partial charge in [0.05, 0.1) is 36.7 Å². The van der Waals surface area contributed by atoms with Gasteiger partial charge >= 0.3 is 0 Å². The summed E-state index contributed by atoms with van der Waals surface area (Å²) in [4.78, 5) is 49.5. The number of anilines is 1. The molecule has 1 N–H and O–H groups in total. The third-order valence-corrected chi connectivity index (χ3v) is 10.1. The van der Waals surface area contributed by atoms with Crippen LogP contribution in [0.5, 0.6) is 5.75 Å². The highest BCUT2D eigenvalue weighted by Gasteiger charge is 2.76. The summed E-state index contributed by atoms with van der Waals surface area (Å²) in [7, 11) is 0. The molecule has 0 radical (unpaired) electrons. The summed E-state index contributed by atoms with van der Waals surface area (Å²) in [6.07, 6.45) is 10.2. The maximum absolute atomic E-state index is 15.0. The molecule has 4 aliphatic heterocycles. The Morgan fingerprint density at radius 2 is 1.65 bits per heavy atom. The van der Waals surface area contributed by atoms with Gasteiger partial charge in [-0.2, -0.15) is 0 Å². The van der Waals surface area contributed by atoms with Crippen molar-refractivity contribution >= 4 is 23.4 Å². The number of carbonyl (C=O) groups is 3. The van der Waals surface area contributed by atoms with Crippen LogP contribution in [0.15, 0.2) is 78.9 Å². The summed E-state index contributed by atoms with van der Waals surface area (Å²) in [5.74, 6) is -1.87. The molecule has 9 heteroatoms. The first kappa shape index (κ1) is 32.0. The Morgan fingerprint density at radius 3 is 2.33 bits per heavy atom. The fourth-order valence-corrected chi connectivity index (χ4v) is 7.95. The van der Waals surface area contributed by atoms with Gasteiger partial charge in [0.2, 0.25) is 17.7 Å². The number of rotatable bonds is 11. The molecule has 2 aromatic rings. The topological polar surface area (TPSA) is 99.6 Å².